The second-order valence-corrected chi connectivity index (χ2v) is 6.76. The molecule has 1 heterocycles. The van der Waals surface area contributed by atoms with Crippen molar-refractivity contribution in [3.05, 3.63) is 57.1 Å². The van der Waals surface area contributed by atoms with Crippen LogP contribution in [-0.2, 0) is 9.53 Å². The fourth-order valence-electron chi connectivity index (χ4n) is 2.67. The van der Waals surface area contributed by atoms with Gasteiger partial charge in [-0.1, -0.05) is 15.9 Å². The first kappa shape index (κ1) is 19.1. The predicted octanol–water partition coefficient (Wildman–Crippen LogP) is 3.21. The summed E-state index contributed by atoms with van der Waals surface area (Å²) < 4.78 is 11.7. The van der Waals surface area contributed by atoms with E-state index in [-0.39, 0.29) is 18.2 Å². The van der Waals surface area contributed by atoms with Crippen molar-refractivity contribution in [1.82, 2.24) is 0 Å². The first-order chi connectivity index (χ1) is 13.0. The van der Waals surface area contributed by atoms with Gasteiger partial charge in [-0.05, 0) is 30.3 Å². The second-order valence-electron chi connectivity index (χ2n) is 5.85. The Morgan fingerprint density at radius 3 is 2.59 bits per heavy atom. The third-order valence-electron chi connectivity index (χ3n) is 4.00. The predicted molar refractivity (Wildman–Crippen MR) is 104 cm³/mol. The van der Waals surface area contributed by atoms with Crippen LogP contribution in [0.1, 0.15) is 0 Å². The monoisotopic (exact) mass is 435 g/mol. The van der Waals surface area contributed by atoms with Crippen molar-refractivity contribution in [1.29, 1.82) is 0 Å². The van der Waals surface area contributed by atoms with Gasteiger partial charge in [0.1, 0.15) is 5.75 Å². The number of nitro groups is 1. The highest BCUT2D eigenvalue weighted by Crippen LogP contribution is 2.31. The Bertz CT molecular complexity index is 822. The quantitative estimate of drug-likeness (QED) is 0.552. The minimum Gasteiger partial charge on any atom is -0.484 e. The average molecular weight is 436 g/mol. The van der Waals surface area contributed by atoms with E-state index in [4.69, 9.17) is 9.47 Å². The van der Waals surface area contributed by atoms with Crippen LogP contribution in [0.3, 0.4) is 0 Å². The van der Waals surface area contributed by atoms with Crippen LogP contribution in [0.15, 0.2) is 46.9 Å². The summed E-state index contributed by atoms with van der Waals surface area (Å²) >= 11 is 3.34. The van der Waals surface area contributed by atoms with Gasteiger partial charge >= 0.3 is 0 Å². The van der Waals surface area contributed by atoms with Crippen LogP contribution in [0.25, 0.3) is 0 Å². The van der Waals surface area contributed by atoms with Crippen molar-refractivity contribution >= 4 is 38.9 Å². The molecule has 1 N–H and O–H groups in total. The molecule has 0 atom stereocenters. The number of carbonyl (C=O) groups excluding carboxylic acids is 1. The largest absolute Gasteiger partial charge is 0.484 e. The number of rotatable bonds is 6. The standard InChI is InChI=1S/C18H18BrN3O5/c19-13-1-4-15(5-2-13)27-12-18(23)20-16-6-3-14(22(24)25)11-17(16)21-7-9-26-10-8-21/h1-6,11H,7-10,12H2,(H,20,23). The summed E-state index contributed by atoms with van der Waals surface area (Å²) in [5.41, 5.74) is 1.08. The first-order valence-corrected chi connectivity index (χ1v) is 9.11. The SMILES string of the molecule is O=C(COc1ccc(Br)cc1)Nc1ccc([N+](=O)[O-])cc1N1CCOCC1. The van der Waals surface area contributed by atoms with Gasteiger partial charge in [-0.15, -0.1) is 0 Å². The smallest absolute Gasteiger partial charge is 0.271 e. The zero-order valence-electron chi connectivity index (χ0n) is 14.4. The number of nitrogens with zero attached hydrogens (tertiary/aromatic N) is 2. The van der Waals surface area contributed by atoms with Crippen LogP contribution in [-0.4, -0.2) is 43.7 Å². The Labute approximate surface area is 164 Å². The number of hydrogen-bond donors (Lipinski definition) is 1. The van der Waals surface area contributed by atoms with E-state index in [9.17, 15) is 14.9 Å². The van der Waals surface area contributed by atoms with E-state index < -0.39 is 4.92 Å². The fraction of sp³-hybridized carbons (Fsp3) is 0.278. The molecule has 0 saturated carbocycles. The molecule has 0 radical (unpaired) electrons. The number of amides is 1. The van der Waals surface area contributed by atoms with Gasteiger partial charge in [-0.2, -0.15) is 0 Å². The number of nitro benzene ring substituents is 1. The molecule has 1 amide bonds. The number of nitrogens with one attached hydrogen (secondary N) is 1. The van der Waals surface area contributed by atoms with Crippen LogP contribution < -0.4 is 15.0 Å². The fourth-order valence-corrected chi connectivity index (χ4v) is 2.94. The zero-order chi connectivity index (χ0) is 19.2. The topological polar surface area (TPSA) is 93.9 Å². The molecule has 1 aliphatic heterocycles. The van der Waals surface area contributed by atoms with E-state index >= 15 is 0 Å². The Hall–Kier alpha value is -2.65. The van der Waals surface area contributed by atoms with Gasteiger partial charge in [-0.25, -0.2) is 0 Å². The zero-order valence-corrected chi connectivity index (χ0v) is 16.0. The van der Waals surface area contributed by atoms with Crippen LogP contribution in [0.4, 0.5) is 17.1 Å². The molecule has 0 bridgehead atoms. The molecule has 2 aromatic carbocycles. The molecule has 0 spiro atoms. The van der Waals surface area contributed by atoms with Crippen molar-refractivity contribution in [2.45, 2.75) is 0 Å². The summed E-state index contributed by atoms with van der Waals surface area (Å²) in [5.74, 6) is 0.228. The van der Waals surface area contributed by atoms with Gasteiger partial charge in [0.2, 0.25) is 0 Å². The molecule has 1 saturated heterocycles. The number of ether oxygens (including phenoxy) is 2. The molecule has 142 valence electrons. The maximum Gasteiger partial charge on any atom is 0.271 e. The van der Waals surface area contributed by atoms with Gasteiger partial charge in [-0.3, -0.25) is 14.9 Å². The van der Waals surface area contributed by atoms with Crippen molar-refractivity contribution in [3.63, 3.8) is 0 Å². The van der Waals surface area contributed by atoms with E-state index in [1.165, 1.54) is 12.1 Å². The lowest BCUT2D eigenvalue weighted by Crippen LogP contribution is -2.37. The van der Waals surface area contributed by atoms with Crippen molar-refractivity contribution in [2.24, 2.45) is 0 Å². The molecular formula is C18H18BrN3O5. The molecule has 27 heavy (non-hydrogen) atoms. The number of anilines is 2. The van der Waals surface area contributed by atoms with E-state index in [1.807, 2.05) is 17.0 Å². The van der Waals surface area contributed by atoms with Gasteiger partial charge in [0, 0.05) is 29.7 Å². The highest BCUT2D eigenvalue weighted by atomic mass is 79.9. The molecule has 0 unspecified atom stereocenters. The number of non-ortho nitro benzene ring substituents is 1. The van der Waals surface area contributed by atoms with Crippen molar-refractivity contribution in [3.8, 4) is 5.75 Å². The van der Waals surface area contributed by atoms with Gasteiger partial charge in [0.15, 0.2) is 6.61 Å². The van der Waals surface area contributed by atoms with Crippen LogP contribution in [0.2, 0.25) is 0 Å². The van der Waals surface area contributed by atoms with Crippen molar-refractivity contribution in [2.75, 3.05) is 43.1 Å². The van der Waals surface area contributed by atoms with Gasteiger partial charge in [0.25, 0.3) is 11.6 Å². The third kappa shape index (κ3) is 5.18. The average Bonchev–Trinajstić information content (AvgIpc) is 2.68. The molecule has 1 fully saturated rings. The number of halogens is 1. The summed E-state index contributed by atoms with van der Waals surface area (Å²) in [6.45, 7) is 2.09. The summed E-state index contributed by atoms with van der Waals surface area (Å²) in [5, 5.41) is 13.9. The maximum atomic E-state index is 12.3. The number of benzene rings is 2. The van der Waals surface area contributed by atoms with Crippen LogP contribution in [0.5, 0.6) is 5.75 Å². The minimum atomic E-state index is -0.452. The molecule has 0 aliphatic carbocycles. The Kier molecular flexibility index (Phi) is 6.25. The molecule has 8 nitrogen and oxygen atoms in total. The molecule has 3 rings (SSSR count). The molecule has 0 aromatic heterocycles. The summed E-state index contributed by atoms with van der Waals surface area (Å²) in [6, 6.07) is 11.5. The Morgan fingerprint density at radius 1 is 1.22 bits per heavy atom. The first-order valence-electron chi connectivity index (χ1n) is 8.32. The molecule has 2 aromatic rings. The Balaban J connectivity index is 1.71. The summed E-state index contributed by atoms with van der Waals surface area (Å²) in [6.07, 6.45) is 0. The van der Waals surface area contributed by atoms with E-state index in [0.29, 0.717) is 43.4 Å². The molecule has 9 heteroatoms. The van der Waals surface area contributed by atoms with Crippen LogP contribution in [0, 0.1) is 10.1 Å². The highest BCUT2D eigenvalue weighted by molar-refractivity contribution is 9.10. The van der Waals surface area contributed by atoms with Gasteiger partial charge in [0.05, 0.1) is 29.5 Å². The van der Waals surface area contributed by atoms with E-state index in [2.05, 4.69) is 21.2 Å². The summed E-state index contributed by atoms with van der Waals surface area (Å²) in [4.78, 5) is 24.9. The lowest BCUT2D eigenvalue weighted by molar-refractivity contribution is -0.384. The van der Waals surface area contributed by atoms with Crippen LogP contribution >= 0.6 is 15.9 Å². The van der Waals surface area contributed by atoms with E-state index in [1.54, 1.807) is 18.2 Å². The maximum absolute atomic E-state index is 12.3. The normalized spacial score (nSPS) is 13.9. The number of carbonyl (C=O) groups is 1. The summed E-state index contributed by atoms with van der Waals surface area (Å²) in [7, 11) is 0. The van der Waals surface area contributed by atoms with E-state index in [0.717, 1.165) is 4.47 Å². The highest BCUT2D eigenvalue weighted by Gasteiger charge is 2.20. The lowest BCUT2D eigenvalue weighted by Gasteiger charge is -2.30. The molecule has 1 aliphatic rings. The third-order valence-corrected chi connectivity index (χ3v) is 4.53. The minimum absolute atomic E-state index is 0.0272. The number of hydrogen-bond acceptors (Lipinski definition) is 6. The number of morpholine rings is 1. The second kappa shape index (κ2) is 8.83. The lowest BCUT2D eigenvalue weighted by atomic mass is 10.2. The van der Waals surface area contributed by atoms with Crippen molar-refractivity contribution < 1.29 is 19.2 Å². The Morgan fingerprint density at radius 2 is 1.93 bits per heavy atom. The molecular weight excluding hydrogens is 418 g/mol. The van der Waals surface area contributed by atoms with Gasteiger partial charge < -0.3 is 19.7 Å².